The van der Waals surface area contributed by atoms with Crippen LogP contribution >= 0.6 is 0 Å². The van der Waals surface area contributed by atoms with E-state index in [9.17, 15) is 0 Å². The van der Waals surface area contributed by atoms with Gasteiger partial charge in [-0.05, 0) is 57.1 Å². The van der Waals surface area contributed by atoms with Crippen molar-refractivity contribution in [1.82, 2.24) is 4.90 Å². The third-order valence-corrected chi connectivity index (χ3v) is 3.54. The van der Waals surface area contributed by atoms with Gasteiger partial charge in [-0.15, -0.1) is 0 Å². The van der Waals surface area contributed by atoms with Crippen LogP contribution in [-0.2, 0) is 0 Å². The summed E-state index contributed by atoms with van der Waals surface area (Å²) in [5.41, 5.74) is 4.72. The molecule has 0 fully saturated rings. The molecule has 0 N–H and O–H groups in total. The zero-order chi connectivity index (χ0) is 13.9. The Balaban J connectivity index is 3.37. The van der Waals surface area contributed by atoms with Gasteiger partial charge in [0.25, 0.3) is 0 Å². The summed E-state index contributed by atoms with van der Waals surface area (Å²) < 4.78 is 5.43. The largest absolute Gasteiger partial charge is 0.496 e. The highest BCUT2D eigenvalue weighted by Crippen LogP contribution is 2.34. The number of methoxy groups -OCH3 is 1. The molecule has 3 nitrogen and oxygen atoms in total. The van der Waals surface area contributed by atoms with E-state index in [2.05, 4.69) is 30.9 Å². The Hall–Kier alpha value is -1.53. The van der Waals surface area contributed by atoms with Gasteiger partial charge in [-0.3, -0.25) is 0 Å². The van der Waals surface area contributed by atoms with Crippen LogP contribution in [0.1, 0.15) is 34.7 Å². The van der Waals surface area contributed by atoms with E-state index in [-0.39, 0.29) is 6.04 Å². The fraction of sp³-hybridized carbons (Fsp3) is 0.533. The molecule has 0 aliphatic heterocycles. The van der Waals surface area contributed by atoms with E-state index < -0.39 is 0 Å². The monoisotopic (exact) mass is 246 g/mol. The smallest absolute Gasteiger partial charge is 0.124 e. The number of benzene rings is 1. The van der Waals surface area contributed by atoms with Crippen molar-refractivity contribution in [3.8, 4) is 11.8 Å². The second-order valence-electron chi connectivity index (χ2n) is 4.91. The Labute approximate surface area is 110 Å². The number of ether oxygens (including phenoxy) is 1. The molecule has 18 heavy (non-hydrogen) atoms. The van der Waals surface area contributed by atoms with Crippen molar-refractivity contribution in [1.29, 1.82) is 5.26 Å². The minimum absolute atomic E-state index is 0.137. The SMILES string of the molecule is COc1c(C)cc(C(CC#N)N(C)C)c(C)c1C. The van der Waals surface area contributed by atoms with Crippen molar-refractivity contribution in [2.45, 2.75) is 33.2 Å². The fourth-order valence-electron chi connectivity index (χ4n) is 2.41. The van der Waals surface area contributed by atoms with Crippen molar-refractivity contribution >= 4 is 0 Å². The Kier molecular flexibility index (Phi) is 4.75. The molecule has 1 aromatic rings. The molecule has 3 heteroatoms. The lowest BCUT2D eigenvalue weighted by molar-refractivity contribution is 0.302. The molecule has 98 valence electrons. The molecule has 1 atom stereocenters. The normalized spacial score (nSPS) is 12.3. The quantitative estimate of drug-likeness (QED) is 0.819. The Bertz CT molecular complexity index is 472. The average molecular weight is 246 g/mol. The van der Waals surface area contributed by atoms with Crippen LogP contribution in [0.15, 0.2) is 6.07 Å². The van der Waals surface area contributed by atoms with E-state index in [0.717, 1.165) is 16.9 Å². The van der Waals surface area contributed by atoms with E-state index in [4.69, 9.17) is 10.00 Å². The van der Waals surface area contributed by atoms with Gasteiger partial charge in [0.15, 0.2) is 0 Å². The van der Waals surface area contributed by atoms with Crippen molar-refractivity contribution in [2.75, 3.05) is 21.2 Å². The molecule has 0 saturated heterocycles. The first-order valence-corrected chi connectivity index (χ1v) is 6.12. The van der Waals surface area contributed by atoms with Gasteiger partial charge in [0.2, 0.25) is 0 Å². The maximum absolute atomic E-state index is 8.98. The molecule has 0 saturated carbocycles. The minimum Gasteiger partial charge on any atom is -0.496 e. The number of hydrogen-bond acceptors (Lipinski definition) is 3. The maximum Gasteiger partial charge on any atom is 0.124 e. The first kappa shape index (κ1) is 14.5. The van der Waals surface area contributed by atoms with Gasteiger partial charge in [0.05, 0.1) is 19.6 Å². The van der Waals surface area contributed by atoms with Crippen LogP contribution in [0.25, 0.3) is 0 Å². The summed E-state index contributed by atoms with van der Waals surface area (Å²) in [5, 5.41) is 8.98. The summed E-state index contributed by atoms with van der Waals surface area (Å²) in [6.45, 7) is 6.22. The van der Waals surface area contributed by atoms with Crippen LogP contribution in [0.5, 0.6) is 5.75 Å². The van der Waals surface area contributed by atoms with Crippen LogP contribution in [-0.4, -0.2) is 26.1 Å². The molecule has 1 unspecified atom stereocenters. The highest BCUT2D eigenvalue weighted by atomic mass is 16.5. The van der Waals surface area contributed by atoms with Crippen molar-refractivity contribution in [2.24, 2.45) is 0 Å². The third kappa shape index (κ3) is 2.65. The Morgan fingerprint density at radius 1 is 1.28 bits per heavy atom. The van der Waals surface area contributed by atoms with Gasteiger partial charge >= 0.3 is 0 Å². The summed E-state index contributed by atoms with van der Waals surface area (Å²) in [5.74, 6) is 0.950. The molecule has 0 aliphatic rings. The minimum atomic E-state index is 0.137. The molecule has 0 radical (unpaired) electrons. The standard InChI is InChI=1S/C15H22N2O/c1-10-9-13(14(7-8-16)17(4)5)11(2)12(3)15(10)18-6/h9,14H,7H2,1-6H3. The van der Waals surface area contributed by atoms with Gasteiger partial charge in [0, 0.05) is 6.04 Å². The fourth-order valence-corrected chi connectivity index (χ4v) is 2.41. The van der Waals surface area contributed by atoms with Gasteiger partial charge in [-0.1, -0.05) is 6.07 Å². The number of hydrogen-bond donors (Lipinski definition) is 0. The van der Waals surface area contributed by atoms with E-state index in [1.807, 2.05) is 21.0 Å². The van der Waals surface area contributed by atoms with Crippen molar-refractivity contribution in [3.63, 3.8) is 0 Å². The Morgan fingerprint density at radius 2 is 1.89 bits per heavy atom. The lowest BCUT2D eigenvalue weighted by Crippen LogP contribution is -2.21. The van der Waals surface area contributed by atoms with Gasteiger partial charge < -0.3 is 9.64 Å². The van der Waals surface area contributed by atoms with E-state index in [0.29, 0.717) is 6.42 Å². The van der Waals surface area contributed by atoms with Crippen molar-refractivity contribution < 1.29 is 4.74 Å². The molecular weight excluding hydrogens is 224 g/mol. The second kappa shape index (κ2) is 5.88. The highest BCUT2D eigenvalue weighted by Gasteiger charge is 2.19. The summed E-state index contributed by atoms with van der Waals surface area (Å²) in [6, 6.07) is 4.55. The molecule has 0 heterocycles. The molecule has 1 aromatic carbocycles. The number of nitrogens with zero attached hydrogens (tertiary/aromatic N) is 2. The lowest BCUT2D eigenvalue weighted by atomic mass is 9.92. The van der Waals surface area contributed by atoms with E-state index >= 15 is 0 Å². The van der Waals surface area contributed by atoms with Crippen LogP contribution in [0.3, 0.4) is 0 Å². The average Bonchev–Trinajstić information content (AvgIpc) is 2.31. The van der Waals surface area contributed by atoms with Crippen LogP contribution in [0.4, 0.5) is 0 Å². The molecule has 1 rings (SSSR count). The van der Waals surface area contributed by atoms with Crippen molar-refractivity contribution in [3.05, 3.63) is 28.3 Å². The van der Waals surface area contributed by atoms with Gasteiger partial charge in [-0.2, -0.15) is 5.26 Å². The van der Waals surface area contributed by atoms with Crippen LogP contribution < -0.4 is 4.74 Å². The predicted octanol–water partition coefficient (Wildman–Crippen LogP) is 3.14. The number of nitriles is 1. The first-order valence-electron chi connectivity index (χ1n) is 6.12. The van der Waals surface area contributed by atoms with E-state index in [1.165, 1.54) is 11.1 Å². The maximum atomic E-state index is 8.98. The molecular formula is C15H22N2O. The topological polar surface area (TPSA) is 36.3 Å². The van der Waals surface area contributed by atoms with E-state index in [1.54, 1.807) is 7.11 Å². The predicted molar refractivity (Wildman–Crippen MR) is 73.9 cm³/mol. The highest BCUT2D eigenvalue weighted by molar-refractivity contribution is 5.50. The zero-order valence-corrected chi connectivity index (χ0v) is 12.2. The second-order valence-corrected chi connectivity index (χ2v) is 4.91. The summed E-state index contributed by atoms with van der Waals surface area (Å²) >= 11 is 0. The molecule has 0 spiro atoms. The number of aryl methyl sites for hydroxylation is 1. The van der Waals surface area contributed by atoms with Crippen LogP contribution in [0, 0.1) is 32.1 Å². The summed E-state index contributed by atoms with van der Waals surface area (Å²) in [7, 11) is 5.72. The van der Waals surface area contributed by atoms with Gasteiger partial charge in [0.1, 0.15) is 5.75 Å². The first-order chi connectivity index (χ1) is 8.43. The molecule has 0 amide bonds. The summed E-state index contributed by atoms with van der Waals surface area (Å²) in [4.78, 5) is 2.09. The lowest BCUT2D eigenvalue weighted by Gasteiger charge is -2.26. The zero-order valence-electron chi connectivity index (χ0n) is 12.2. The third-order valence-electron chi connectivity index (χ3n) is 3.54. The number of rotatable bonds is 4. The van der Waals surface area contributed by atoms with Crippen LogP contribution in [0.2, 0.25) is 0 Å². The van der Waals surface area contributed by atoms with Gasteiger partial charge in [-0.25, -0.2) is 0 Å². The molecule has 0 aliphatic carbocycles. The molecule has 0 aromatic heterocycles. The summed E-state index contributed by atoms with van der Waals surface area (Å²) in [6.07, 6.45) is 0.499. The molecule has 0 bridgehead atoms. The Morgan fingerprint density at radius 3 is 2.33 bits per heavy atom.